The first-order valence-corrected chi connectivity index (χ1v) is 6.46. The average Bonchev–Trinajstić information content (AvgIpc) is 2.69. The molecule has 2 rings (SSSR count). The van der Waals surface area contributed by atoms with E-state index in [1.165, 1.54) is 0 Å². The van der Waals surface area contributed by atoms with E-state index in [0.717, 1.165) is 17.4 Å². The number of nitrogens with one attached hydrogen (secondary N) is 1. The summed E-state index contributed by atoms with van der Waals surface area (Å²) < 4.78 is 22.9. The van der Waals surface area contributed by atoms with Crippen LogP contribution in [-0.2, 0) is 9.84 Å². The molecule has 1 aromatic carbocycles. The number of rotatable bonds is 2. The molecule has 0 radical (unpaired) electrons. The fraction of sp³-hybridized carbons (Fsp3) is 0.100. The van der Waals surface area contributed by atoms with Crippen LogP contribution in [0.3, 0.4) is 0 Å². The van der Waals surface area contributed by atoms with Gasteiger partial charge in [0.15, 0.2) is 9.84 Å². The zero-order valence-corrected chi connectivity index (χ0v) is 9.45. The van der Waals surface area contributed by atoms with Crippen LogP contribution >= 0.6 is 0 Å². The molecule has 3 N–H and O–H groups in total. The molecule has 0 amide bonds. The molecule has 0 aliphatic rings. The van der Waals surface area contributed by atoms with E-state index in [2.05, 4.69) is 10.2 Å². The summed E-state index contributed by atoms with van der Waals surface area (Å²) >= 11 is 0. The fourth-order valence-corrected chi connectivity index (χ4v) is 2.28. The van der Waals surface area contributed by atoms with E-state index < -0.39 is 9.84 Å². The predicted molar refractivity (Wildman–Crippen MR) is 61.5 cm³/mol. The first-order chi connectivity index (χ1) is 7.48. The maximum Gasteiger partial charge on any atom is 0.177 e. The maximum absolute atomic E-state index is 11.5. The third-order valence-corrected chi connectivity index (χ3v) is 3.40. The Kier molecular flexibility index (Phi) is 2.43. The van der Waals surface area contributed by atoms with Gasteiger partial charge in [0.2, 0.25) is 0 Å². The van der Waals surface area contributed by atoms with Crippen molar-refractivity contribution in [2.24, 2.45) is 0 Å². The molecular formula is C10H11N3O2S. The molecular weight excluding hydrogens is 226 g/mol. The second kappa shape index (κ2) is 3.64. The third-order valence-electron chi connectivity index (χ3n) is 2.24. The molecule has 0 atom stereocenters. The maximum atomic E-state index is 11.5. The molecule has 0 aliphatic heterocycles. The van der Waals surface area contributed by atoms with Gasteiger partial charge < -0.3 is 5.73 Å². The smallest absolute Gasteiger partial charge is 0.177 e. The van der Waals surface area contributed by atoms with E-state index in [-0.39, 0.29) is 10.6 Å². The molecule has 0 unspecified atom stereocenters. The summed E-state index contributed by atoms with van der Waals surface area (Å²) in [5, 5.41) is 6.48. The molecule has 2 aromatic rings. The van der Waals surface area contributed by atoms with Crippen molar-refractivity contribution in [1.29, 1.82) is 0 Å². The third kappa shape index (κ3) is 1.92. The second-order valence-electron chi connectivity index (χ2n) is 3.51. The average molecular weight is 237 g/mol. The lowest BCUT2D eigenvalue weighted by atomic mass is 10.1. The highest BCUT2D eigenvalue weighted by Crippen LogP contribution is 2.25. The Morgan fingerprint density at radius 2 is 2.06 bits per heavy atom. The molecule has 0 bridgehead atoms. The topological polar surface area (TPSA) is 88.8 Å². The first-order valence-electron chi connectivity index (χ1n) is 4.57. The van der Waals surface area contributed by atoms with Gasteiger partial charge >= 0.3 is 0 Å². The summed E-state index contributed by atoms with van der Waals surface area (Å²) in [6.07, 6.45) is 4.45. The fourth-order valence-electron chi connectivity index (χ4n) is 1.44. The van der Waals surface area contributed by atoms with Gasteiger partial charge in [0, 0.05) is 18.0 Å². The molecule has 0 aliphatic carbocycles. The minimum absolute atomic E-state index is 0.145. The number of nitrogens with zero attached hydrogens (tertiary/aromatic N) is 1. The van der Waals surface area contributed by atoms with E-state index in [4.69, 9.17) is 5.73 Å². The van der Waals surface area contributed by atoms with Gasteiger partial charge in [0.1, 0.15) is 0 Å². The summed E-state index contributed by atoms with van der Waals surface area (Å²) in [4.78, 5) is 0.145. The van der Waals surface area contributed by atoms with E-state index in [1.54, 1.807) is 30.6 Å². The minimum atomic E-state index is -3.30. The van der Waals surface area contributed by atoms with Crippen LogP contribution in [-0.4, -0.2) is 24.9 Å². The minimum Gasteiger partial charge on any atom is -0.398 e. The lowest BCUT2D eigenvalue weighted by molar-refractivity contribution is 0.602. The van der Waals surface area contributed by atoms with Crippen molar-refractivity contribution in [2.45, 2.75) is 4.90 Å². The molecule has 0 spiro atoms. The van der Waals surface area contributed by atoms with E-state index in [9.17, 15) is 8.42 Å². The number of benzene rings is 1. The van der Waals surface area contributed by atoms with E-state index in [1.807, 2.05) is 0 Å². The molecule has 5 nitrogen and oxygen atoms in total. The summed E-state index contributed by atoms with van der Waals surface area (Å²) in [7, 11) is -3.30. The van der Waals surface area contributed by atoms with Crippen LogP contribution in [0.15, 0.2) is 35.5 Å². The Bertz CT molecular complexity index is 603. The van der Waals surface area contributed by atoms with Crippen LogP contribution in [0.25, 0.3) is 11.1 Å². The van der Waals surface area contributed by atoms with Gasteiger partial charge in [-0.05, 0) is 17.7 Å². The summed E-state index contributed by atoms with van der Waals surface area (Å²) in [5.41, 5.74) is 7.48. The second-order valence-corrected chi connectivity index (χ2v) is 5.50. The van der Waals surface area contributed by atoms with Crippen molar-refractivity contribution in [3.63, 3.8) is 0 Å². The van der Waals surface area contributed by atoms with E-state index >= 15 is 0 Å². The molecule has 84 valence electrons. The van der Waals surface area contributed by atoms with Crippen LogP contribution in [0, 0.1) is 0 Å². The Hall–Kier alpha value is -1.82. The quantitative estimate of drug-likeness (QED) is 0.764. The summed E-state index contributed by atoms with van der Waals surface area (Å²) in [6.45, 7) is 0. The monoisotopic (exact) mass is 237 g/mol. The van der Waals surface area contributed by atoms with Crippen molar-refractivity contribution in [1.82, 2.24) is 10.2 Å². The molecule has 1 heterocycles. The van der Waals surface area contributed by atoms with Gasteiger partial charge in [-0.25, -0.2) is 8.42 Å². The number of nitrogen functional groups attached to an aromatic ring is 1. The van der Waals surface area contributed by atoms with Crippen LogP contribution in [0.4, 0.5) is 5.69 Å². The lowest BCUT2D eigenvalue weighted by Gasteiger charge is -2.05. The van der Waals surface area contributed by atoms with Crippen molar-refractivity contribution in [3.8, 4) is 11.1 Å². The Morgan fingerprint density at radius 1 is 1.31 bits per heavy atom. The molecule has 1 aromatic heterocycles. The largest absolute Gasteiger partial charge is 0.398 e. The first kappa shape index (κ1) is 10.7. The number of H-pyrrole nitrogens is 1. The van der Waals surface area contributed by atoms with E-state index in [0.29, 0.717) is 0 Å². The molecule has 0 fully saturated rings. The van der Waals surface area contributed by atoms with Gasteiger partial charge in [-0.3, -0.25) is 5.10 Å². The molecule has 0 saturated carbocycles. The predicted octanol–water partition coefficient (Wildman–Crippen LogP) is 1.06. The SMILES string of the molecule is CS(=O)(=O)c1cc(-c2cn[nH]c2)ccc1N. The lowest BCUT2D eigenvalue weighted by Crippen LogP contribution is -2.02. The van der Waals surface area contributed by atoms with Crippen molar-refractivity contribution < 1.29 is 8.42 Å². The van der Waals surface area contributed by atoms with Gasteiger partial charge in [-0.15, -0.1) is 0 Å². The van der Waals surface area contributed by atoms with Crippen molar-refractivity contribution in [3.05, 3.63) is 30.6 Å². The van der Waals surface area contributed by atoms with Gasteiger partial charge in [0.25, 0.3) is 0 Å². The van der Waals surface area contributed by atoms with Crippen LogP contribution in [0.1, 0.15) is 0 Å². The highest BCUT2D eigenvalue weighted by Gasteiger charge is 2.12. The Labute approximate surface area is 93.2 Å². The number of nitrogens with two attached hydrogens (primary N) is 1. The zero-order valence-electron chi connectivity index (χ0n) is 8.64. The number of hydrogen-bond acceptors (Lipinski definition) is 4. The van der Waals surface area contributed by atoms with Gasteiger partial charge in [-0.1, -0.05) is 6.07 Å². The highest BCUT2D eigenvalue weighted by molar-refractivity contribution is 7.90. The summed E-state index contributed by atoms with van der Waals surface area (Å²) in [5.74, 6) is 0. The van der Waals surface area contributed by atoms with Crippen LogP contribution < -0.4 is 5.73 Å². The number of hydrogen-bond donors (Lipinski definition) is 2. The molecule has 16 heavy (non-hydrogen) atoms. The van der Waals surface area contributed by atoms with Crippen LogP contribution in [0.2, 0.25) is 0 Å². The summed E-state index contributed by atoms with van der Waals surface area (Å²) in [6, 6.07) is 4.89. The normalized spacial score (nSPS) is 11.6. The van der Waals surface area contributed by atoms with Crippen molar-refractivity contribution in [2.75, 3.05) is 12.0 Å². The zero-order chi connectivity index (χ0) is 11.8. The number of anilines is 1. The van der Waals surface area contributed by atoms with Gasteiger partial charge in [0.05, 0.1) is 16.8 Å². The standard InChI is InChI=1S/C10H11N3O2S/c1-16(14,15)10-4-7(2-3-9(10)11)8-5-12-13-6-8/h2-6H,11H2,1H3,(H,12,13). The number of aromatic amines is 1. The highest BCUT2D eigenvalue weighted by atomic mass is 32.2. The van der Waals surface area contributed by atoms with Crippen LogP contribution in [0.5, 0.6) is 0 Å². The Morgan fingerprint density at radius 3 is 2.62 bits per heavy atom. The molecule has 6 heteroatoms. The Balaban J connectivity index is 2.61. The molecule has 0 saturated heterocycles. The van der Waals surface area contributed by atoms with Crippen molar-refractivity contribution >= 4 is 15.5 Å². The van der Waals surface area contributed by atoms with Gasteiger partial charge in [-0.2, -0.15) is 5.10 Å². The number of aromatic nitrogens is 2. The number of sulfone groups is 1.